The van der Waals surface area contributed by atoms with Gasteiger partial charge in [0, 0.05) is 18.3 Å². The predicted molar refractivity (Wildman–Crippen MR) is 85.8 cm³/mol. The van der Waals surface area contributed by atoms with Crippen molar-refractivity contribution in [2.45, 2.75) is 39.1 Å². The second-order valence-corrected chi connectivity index (χ2v) is 7.25. The van der Waals surface area contributed by atoms with Crippen LogP contribution in [0.1, 0.15) is 28.8 Å². The zero-order valence-electron chi connectivity index (χ0n) is 13.8. The largest absolute Gasteiger partial charge is 0.465 e. The Morgan fingerprint density at radius 3 is 2.42 bits per heavy atom. The summed E-state index contributed by atoms with van der Waals surface area (Å²) in [6.07, 6.45) is 0. The number of aromatic nitrogens is 3. The van der Waals surface area contributed by atoms with Crippen molar-refractivity contribution in [3.8, 4) is 11.5 Å². The van der Waals surface area contributed by atoms with E-state index in [1.807, 2.05) is 0 Å². The van der Waals surface area contributed by atoms with E-state index < -0.39 is 10.0 Å². The number of furan rings is 1. The molecule has 0 unspecified atom stereocenters. The van der Waals surface area contributed by atoms with Crippen molar-refractivity contribution in [2.75, 3.05) is 0 Å². The van der Waals surface area contributed by atoms with E-state index in [1.165, 1.54) is 0 Å². The number of rotatable bonds is 5. The topological polar surface area (TPSA) is 114 Å². The molecule has 128 valence electrons. The molecular weight excluding hydrogens is 332 g/mol. The zero-order chi connectivity index (χ0) is 17.5. The average molecular weight is 350 g/mol. The van der Waals surface area contributed by atoms with Crippen LogP contribution in [0.25, 0.3) is 11.5 Å². The lowest BCUT2D eigenvalue weighted by atomic mass is 10.2. The first-order valence-electron chi connectivity index (χ1n) is 7.32. The molecule has 0 spiro atoms. The summed E-state index contributed by atoms with van der Waals surface area (Å²) in [5.41, 5.74) is 1.53. The Bertz CT molecular complexity index is 981. The molecule has 3 aromatic rings. The van der Waals surface area contributed by atoms with E-state index in [1.54, 1.807) is 39.8 Å². The summed E-state index contributed by atoms with van der Waals surface area (Å²) >= 11 is 0. The minimum atomic E-state index is -3.80. The van der Waals surface area contributed by atoms with Gasteiger partial charge in [-0.1, -0.05) is 0 Å². The van der Waals surface area contributed by atoms with E-state index in [0.717, 1.165) is 5.76 Å². The van der Waals surface area contributed by atoms with Gasteiger partial charge in [0.05, 0.1) is 12.1 Å². The Balaban J connectivity index is 1.98. The van der Waals surface area contributed by atoms with Gasteiger partial charge in [-0.05, 0) is 32.9 Å². The number of H-pyrrole nitrogens is 1. The maximum absolute atomic E-state index is 12.8. The Morgan fingerprint density at radius 2 is 1.83 bits per heavy atom. The van der Waals surface area contributed by atoms with Gasteiger partial charge in [0.25, 0.3) is 5.89 Å². The van der Waals surface area contributed by atoms with Crippen LogP contribution in [0.4, 0.5) is 0 Å². The molecule has 0 aliphatic heterocycles. The summed E-state index contributed by atoms with van der Waals surface area (Å²) in [5, 5.41) is 7.71. The van der Waals surface area contributed by atoms with Gasteiger partial charge in [-0.3, -0.25) is 0 Å². The molecule has 3 aromatic heterocycles. The van der Waals surface area contributed by atoms with E-state index in [4.69, 9.17) is 8.83 Å². The Hall–Kier alpha value is -2.39. The third kappa shape index (κ3) is 3.00. The molecule has 0 saturated heterocycles. The van der Waals surface area contributed by atoms with E-state index in [9.17, 15) is 8.42 Å². The van der Waals surface area contributed by atoms with Crippen LogP contribution in [0.15, 0.2) is 25.9 Å². The molecule has 24 heavy (non-hydrogen) atoms. The number of nitrogens with one attached hydrogen (secondary N) is 2. The SMILES string of the molecule is Cc1ccc(CNS(=O)(=O)c2c(C)[nH]c(C)c2-c2nnc(C)o2)o1. The lowest BCUT2D eigenvalue weighted by Gasteiger charge is -2.07. The van der Waals surface area contributed by atoms with Crippen molar-refractivity contribution in [3.05, 3.63) is 40.9 Å². The molecule has 0 amide bonds. The van der Waals surface area contributed by atoms with Crippen molar-refractivity contribution in [1.82, 2.24) is 19.9 Å². The minimum Gasteiger partial charge on any atom is -0.465 e. The Labute approximate surface area is 139 Å². The summed E-state index contributed by atoms with van der Waals surface area (Å²) in [5.74, 6) is 1.80. The van der Waals surface area contributed by atoms with Crippen LogP contribution in [0.2, 0.25) is 0 Å². The lowest BCUT2D eigenvalue weighted by Crippen LogP contribution is -2.24. The van der Waals surface area contributed by atoms with Gasteiger partial charge in [-0.2, -0.15) is 0 Å². The van der Waals surface area contributed by atoms with Crippen molar-refractivity contribution in [1.29, 1.82) is 0 Å². The predicted octanol–water partition coefficient (Wildman–Crippen LogP) is 2.37. The number of hydrogen-bond acceptors (Lipinski definition) is 6. The van der Waals surface area contributed by atoms with Crippen molar-refractivity contribution < 1.29 is 17.3 Å². The molecule has 0 fully saturated rings. The maximum atomic E-state index is 12.8. The van der Waals surface area contributed by atoms with Crippen LogP contribution >= 0.6 is 0 Å². The molecular formula is C15H18N4O4S. The first-order valence-corrected chi connectivity index (χ1v) is 8.81. The summed E-state index contributed by atoms with van der Waals surface area (Å²) in [7, 11) is -3.80. The highest BCUT2D eigenvalue weighted by atomic mass is 32.2. The standard InChI is InChI=1S/C15H18N4O4S/c1-8-5-6-12(22-8)7-16-24(20,21)14-10(3)17-9(2)13(14)15-19-18-11(4)23-15/h5-6,16-17H,7H2,1-4H3. The smallest absolute Gasteiger partial charge is 0.250 e. The normalized spacial score (nSPS) is 12.0. The number of sulfonamides is 1. The van der Waals surface area contributed by atoms with E-state index in [2.05, 4.69) is 19.9 Å². The first kappa shape index (κ1) is 16.5. The summed E-state index contributed by atoms with van der Waals surface area (Å²) < 4.78 is 38.9. The molecule has 0 radical (unpaired) electrons. The van der Waals surface area contributed by atoms with Crippen LogP contribution in [0.3, 0.4) is 0 Å². The number of aryl methyl sites for hydroxylation is 4. The highest BCUT2D eigenvalue weighted by Crippen LogP contribution is 2.32. The quantitative estimate of drug-likeness (QED) is 0.730. The average Bonchev–Trinajstić information content (AvgIpc) is 3.16. The molecule has 8 nitrogen and oxygen atoms in total. The van der Waals surface area contributed by atoms with Gasteiger partial charge in [0.2, 0.25) is 15.9 Å². The third-order valence-corrected chi connectivity index (χ3v) is 5.13. The van der Waals surface area contributed by atoms with Crippen molar-refractivity contribution in [3.63, 3.8) is 0 Å². The van der Waals surface area contributed by atoms with Crippen molar-refractivity contribution >= 4 is 10.0 Å². The van der Waals surface area contributed by atoms with Gasteiger partial charge >= 0.3 is 0 Å². The van der Waals surface area contributed by atoms with E-state index >= 15 is 0 Å². The fourth-order valence-electron chi connectivity index (χ4n) is 2.57. The number of nitrogens with zero attached hydrogens (tertiary/aromatic N) is 2. The summed E-state index contributed by atoms with van der Waals surface area (Å²) in [6.45, 7) is 6.95. The van der Waals surface area contributed by atoms with Gasteiger partial charge in [0.1, 0.15) is 16.4 Å². The van der Waals surface area contributed by atoms with Crippen LogP contribution in [0.5, 0.6) is 0 Å². The highest BCUT2D eigenvalue weighted by molar-refractivity contribution is 7.89. The summed E-state index contributed by atoms with van der Waals surface area (Å²) in [6, 6.07) is 3.51. The minimum absolute atomic E-state index is 0.0577. The van der Waals surface area contributed by atoms with Gasteiger partial charge in [-0.25, -0.2) is 13.1 Å². The molecule has 3 rings (SSSR count). The second-order valence-electron chi connectivity index (χ2n) is 5.54. The van der Waals surface area contributed by atoms with Crippen LogP contribution in [-0.2, 0) is 16.6 Å². The third-order valence-electron chi connectivity index (χ3n) is 3.56. The van der Waals surface area contributed by atoms with Gasteiger partial charge < -0.3 is 13.8 Å². The van der Waals surface area contributed by atoms with Gasteiger partial charge in [-0.15, -0.1) is 10.2 Å². The molecule has 2 N–H and O–H groups in total. The molecule has 0 bridgehead atoms. The zero-order valence-corrected chi connectivity index (χ0v) is 14.6. The van der Waals surface area contributed by atoms with Crippen LogP contribution < -0.4 is 4.72 Å². The first-order chi connectivity index (χ1) is 11.3. The second kappa shape index (κ2) is 5.91. The van der Waals surface area contributed by atoms with Crippen LogP contribution in [-0.4, -0.2) is 23.6 Å². The molecule has 3 heterocycles. The molecule has 0 aliphatic carbocycles. The number of hydrogen-bond donors (Lipinski definition) is 2. The fourth-order valence-corrected chi connectivity index (χ4v) is 4.01. The molecule has 0 aromatic carbocycles. The maximum Gasteiger partial charge on any atom is 0.250 e. The molecule has 0 aliphatic rings. The van der Waals surface area contributed by atoms with Crippen LogP contribution in [0, 0.1) is 27.7 Å². The Kier molecular flexibility index (Phi) is 4.06. The summed E-state index contributed by atoms with van der Waals surface area (Å²) in [4.78, 5) is 3.13. The monoisotopic (exact) mass is 350 g/mol. The lowest BCUT2D eigenvalue weighted by molar-refractivity contribution is 0.475. The highest BCUT2D eigenvalue weighted by Gasteiger charge is 2.28. The molecule has 0 atom stereocenters. The van der Waals surface area contributed by atoms with E-state index in [0.29, 0.717) is 28.6 Å². The van der Waals surface area contributed by atoms with Gasteiger partial charge in [0.15, 0.2) is 0 Å². The van der Waals surface area contributed by atoms with E-state index in [-0.39, 0.29) is 17.3 Å². The number of aromatic amines is 1. The Morgan fingerprint density at radius 1 is 1.08 bits per heavy atom. The fraction of sp³-hybridized carbons (Fsp3) is 0.333. The van der Waals surface area contributed by atoms with Crippen molar-refractivity contribution in [2.24, 2.45) is 0 Å². The molecule has 9 heteroatoms. The molecule has 0 saturated carbocycles.